The van der Waals surface area contributed by atoms with E-state index in [4.69, 9.17) is 4.98 Å². The Morgan fingerprint density at radius 1 is 0.667 bits per heavy atom. The molecule has 0 saturated heterocycles. The molecule has 1 N–H and O–H groups in total. The number of aromatic nitrogens is 2. The third-order valence-electron chi connectivity index (χ3n) is 7.43. The second-order valence-corrected chi connectivity index (χ2v) is 10.4. The Labute approximate surface area is 261 Å². The van der Waals surface area contributed by atoms with E-state index in [0.29, 0.717) is 11.3 Å². The zero-order valence-corrected chi connectivity index (χ0v) is 25.7. The van der Waals surface area contributed by atoms with Gasteiger partial charge in [0.05, 0.1) is 5.69 Å². The zero-order valence-electron chi connectivity index (χ0n) is 23.4. The monoisotopic (exact) mass is 727 g/mol. The molecule has 0 aliphatic rings. The summed E-state index contributed by atoms with van der Waals surface area (Å²) in [6.07, 6.45) is 1.79. The first-order chi connectivity index (χ1) is 20.0. The molecule has 0 bridgehead atoms. The van der Waals surface area contributed by atoms with Crippen molar-refractivity contribution in [2.24, 2.45) is 0 Å². The Kier molecular flexibility index (Phi) is 8.66. The average Bonchev–Trinajstić information content (AvgIpc) is 3.03. The number of phenols is 1. The smallest absolute Gasteiger partial charge is 0.136 e. The predicted octanol–water partition coefficient (Wildman–Crippen LogP) is 9.11. The SMILES string of the molecule is CC(C)(c1ccccc1)c1ccc(-c2cccc(-c3[c-]c(N(c4ccccc4)c4ccccn4)ccc3)n2)c(O)c1.[Pt]. The van der Waals surface area contributed by atoms with Crippen molar-refractivity contribution in [2.45, 2.75) is 19.3 Å². The fourth-order valence-corrected chi connectivity index (χ4v) is 5.09. The molecule has 6 aromatic rings. The van der Waals surface area contributed by atoms with Crippen LogP contribution in [0, 0.1) is 6.07 Å². The number of phenolic OH excluding ortho intramolecular Hbond substituents is 1. The maximum atomic E-state index is 11.1. The third kappa shape index (κ3) is 5.91. The minimum absolute atomic E-state index is 0. The normalized spacial score (nSPS) is 11.0. The Morgan fingerprint density at radius 2 is 1.36 bits per heavy atom. The van der Waals surface area contributed by atoms with Crippen molar-refractivity contribution >= 4 is 17.2 Å². The van der Waals surface area contributed by atoms with Crippen molar-refractivity contribution in [3.63, 3.8) is 0 Å². The molecule has 0 amide bonds. The molecular weight excluding hydrogens is 698 g/mol. The number of hydrogen-bond acceptors (Lipinski definition) is 4. The van der Waals surface area contributed by atoms with Crippen molar-refractivity contribution < 1.29 is 26.2 Å². The van der Waals surface area contributed by atoms with E-state index in [1.165, 1.54) is 5.56 Å². The van der Waals surface area contributed by atoms with Crippen LogP contribution in [-0.4, -0.2) is 15.1 Å². The summed E-state index contributed by atoms with van der Waals surface area (Å²) in [5.74, 6) is 1.01. The number of aromatic hydroxyl groups is 1. The summed E-state index contributed by atoms with van der Waals surface area (Å²) in [4.78, 5) is 11.6. The standard InChI is InChI=1S/C37H30N3O.Pt/c1-37(2,28-14-5-3-6-15-28)29-22-23-32(35(41)26-29)34-20-12-19-33(39-34)27-13-11-18-31(25-27)40(30-16-7-4-8-17-30)36-21-9-10-24-38-36;/h3-24,26,41H,1-2H3;/q-1;. The Bertz CT molecular complexity index is 1730. The molecule has 0 radical (unpaired) electrons. The number of rotatable bonds is 7. The molecule has 2 heterocycles. The Hall–Kier alpha value is -4.53. The average molecular weight is 728 g/mol. The second kappa shape index (κ2) is 12.5. The molecule has 5 heteroatoms. The van der Waals surface area contributed by atoms with Gasteiger partial charge in [-0.2, -0.15) is 0 Å². The summed E-state index contributed by atoms with van der Waals surface area (Å²) in [5, 5.41) is 11.1. The molecule has 0 fully saturated rings. The van der Waals surface area contributed by atoms with E-state index in [-0.39, 0.29) is 32.2 Å². The summed E-state index contributed by atoms with van der Waals surface area (Å²) >= 11 is 0. The molecule has 0 saturated carbocycles. The molecule has 42 heavy (non-hydrogen) atoms. The van der Waals surface area contributed by atoms with E-state index in [2.05, 4.69) is 60.1 Å². The minimum atomic E-state index is -0.250. The van der Waals surface area contributed by atoms with E-state index in [1.54, 1.807) is 6.20 Å². The molecule has 4 aromatic carbocycles. The zero-order chi connectivity index (χ0) is 28.2. The quantitative estimate of drug-likeness (QED) is 0.167. The summed E-state index contributed by atoms with van der Waals surface area (Å²) in [5.41, 5.74) is 6.84. The van der Waals surface area contributed by atoms with Gasteiger partial charge in [0.25, 0.3) is 0 Å². The van der Waals surface area contributed by atoms with Crippen molar-refractivity contribution in [1.29, 1.82) is 0 Å². The van der Waals surface area contributed by atoms with Gasteiger partial charge in [-0.25, -0.2) is 4.98 Å². The van der Waals surface area contributed by atoms with E-state index in [9.17, 15) is 5.11 Å². The van der Waals surface area contributed by atoms with Gasteiger partial charge in [-0.05, 0) is 65.0 Å². The van der Waals surface area contributed by atoms with Crippen LogP contribution >= 0.6 is 0 Å². The van der Waals surface area contributed by atoms with Crippen molar-refractivity contribution in [2.75, 3.05) is 4.90 Å². The van der Waals surface area contributed by atoms with Gasteiger partial charge in [0.15, 0.2) is 0 Å². The molecule has 6 rings (SSSR count). The fraction of sp³-hybridized carbons (Fsp3) is 0.0811. The Morgan fingerprint density at radius 3 is 2.07 bits per heavy atom. The third-order valence-corrected chi connectivity index (χ3v) is 7.43. The van der Waals surface area contributed by atoms with Gasteiger partial charge in [-0.3, -0.25) is 4.98 Å². The maximum Gasteiger partial charge on any atom is 0.136 e. The number of benzene rings is 4. The first-order valence-corrected chi connectivity index (χ1v) is 13.7. The first-order valence-electron chi connectivity index (χ1n) is 13.7. The van der Waals surface area contributed by atoms with Crippen LogP contribution in [0.4, 0.5) is 17.2 Å². The van der Waals surface area contributed by atoms with Crippen LogP contribution in [0.5, 0.6) is 5.75 Å². The molecule has 4 nitrogen and oxygen atoms in total. The van der Waals surface area contributed by atoms with Crippen LogP contribution in [0.15, 0.2) is 140 Å². The second-order valence-electron chi connectivity index (χ2n) is 10.4. The molecule has 0 atom stereocenters. The van der Waals surface area contributed by atoms with E-state index < -0.39 is 0 Å². The maximum absolute atomic E-state index is 11.1. The predicted molar refractivity (Wildman–Crippen MR) is 167 cm³/mol. The van der Waals surface area contributed by atoms with Crippen LogP contribution in [0.2, 0.25) is 0 Å². The molecular formula is C37H30N3OPt-. The topological polar surface area (TPSA) is 49.2 Å². The Balaban J connectivity index is 0.00000353. The van der Waals surface area contributed by atoms with Crippen molar-refractivity contribution in [3.05, 3.63) is 157 Å². The van der Waals surface area contributed by atoms with Gasteiger partial charge >= 0.3 is 0 Å². The molecule has 2 aromatic heterocycles. The number of anilines is 3. The van der Waals surface area contributed by atoms with E-state index in [1.807, 2.05) is 103 Å². The largest absolute Gasteiger partial charge is 0.507 e. The van der Waals surface area contributed by atoms with Gasteiger partial charge in [0.2, 0.25) is 0 Å². The summed E-state index contributed by atoms with van der Waals surface area (Å²) in [6, 6.07) is 47.7. The van der Waals surface area contributed by atoms with Gasteiger partial charge in [0, 0.05) is 43.9 Å². The fourth-order valence-electron chi connectivity index (χ4n) is 5.09. The number of para-hydroxylation sites is 1. The molecule has 0 aliphatic carbocycles. The van der Waals surface area contributed by atoms with Crippen LogP contribution in [0.3, 0.4) is 0 Å². The molecule has 0 spiro atoms. The van der Waals surface area contributed by atoms with E-state index >= 15 is 0 Å². The van der Waals surface area contributed by atoms with Gasteiger partial charge in [0.1, 0.15) is 11.6 Å². The van der Waals surface area contributed by atoms with Gasteiger partial charge in [-0.15, -0.1) is 29.8 Å². The van der Waals surface area contributed by atoms with Crippen LogP contribution < -0.4 is 4.90 Å². The number of pyridine rings is 2. The first kappa shape index (κ1) is 29.0. The van der Waals surface area contributed by atoms with E-state index in [0.717, 1.165) is 34.0 Å². The summed E-state index contributed by atoms with van der Waals surface area (Å²) in [6.45, 7) is 4.34. The van der Waals surface area contributed by atoms with Crippen LogP contribution in [0.1, 0.15) is 25.0 Å². The van der Waals surface area contributed by atoms with Crippen LogP contribution in [-0.2, 0) is 26.5 Å². The van der Waals surface area contributed by atoms with Crippen LogP contribution in [0.25, 0.3) is 22.5 Å². The minimum Gasteiger partial charge on any atom is -0.507 e. The van der Waals surface area contributed by atoms with Gasteiger partial charge in [-0.1, -0.05) is 86.6 Å². The number of hydrogen-bond donors (Lipinski definition) is 1. The van der Waals surface area contributed by atoms with Crippen molar-refractivity contribution in [3.8, 4) is 28.3 Å². The summed E-state index contributed by atoms with van der Waals surface area (Å²) in [7, 11) is 0. The van der Waals surface area contributed by atoms with Gasteiger partial charge < -0.3 is 10.0 Å². The van der Waals surface area contributed by atoms with Crippen molar-refractivity contribution in [1.82, 2.24) is 9.97 Å². The summed E-state index contributed by atoms with van der Waals surface area (Å²) < 4.78 is 0. The number of nitrogens with zero attached hydrogens (tertiary/aromatic N) is 3. The molecule has 0 unspecified atom stereocenters. The molecule has 0 aliphatic heterocycles. The molecule has 210 valence electrons.